The van der Waals surface area contributed by atoms with E-state index in [1.807, 2.05) is 6.07 Å². The van der Waals surface area contributed by atoms with Gasteiger partial charge in [-0.15, -0.1) is 0 Å². The third-order valence-electron chi connectivity index (χ3n) is 4.00. The molecule has 17 heavy (non-hydrogen) atoms. The van der Waals surface area contributed by atoms with Gasteiger partial charge in [0.15, 0.2) is 0 Å². The van der Waals surface area contributed by atoms with Gasteiger partial charge in [0.05, 0.1) is 19.3 Å². The summed E-state index contributed by atoms with van der Waals surface area (Å²) in [5.41, 5.74) is 1.41. The second-order valence-electron chi connectivity index (χ2n) is 4.99. The Morgan fingerprint density at radius 2 is 2.00 bits per heavy atom. The first-order chi connectivity index (χ1) is 8.25. The van der Waals surface area contributed by atoms with Crippen molar-refractivity contribution in [2.75, 3.05) is 7.11 Å². The number of benzene rings is 1. The van der Waals surface area contributed by atoms with Gasteiger partial charge in [-0.1, -0.05) is 19.3 Å². The Balaban J connectivity index is 2.07. The maximum atomic E-state index is 14.2. The van der Waals surface area contributed by atoms with Crippen LogP contribution in [-0.4, -0.2) is 7.11 Å². The highest BCUT2D eigenvalue weighted by Gasteiger charge is 2.43. The van der Waals surface area contributed by atoms with E-state index in [9.17, 15) is 4.39 Å². The molecule has 2 nitrogen and oxygen atoms in total. The summed E-state index contributed by atoms with van der Waals surface area (Å²) in [6.45, 7) is 0.517. The molecule has 0 atom stereocenters. The molecule has 0 saturated heterocycles. The molecule has 3 rings (SSSR count). The lowest BCUT2D eigenvalue weighted by Gasteiger charge is -2.33. The van der Waals surface area contributed by atoms with Crippen LogP contribution in [0.2, 0.25) is 0 Å². The van der Waals surface area contributed by atoms with Crippen LogP contribution in [0.3, 0.4) is 0 Å². The SMILES string of the molecule is COc1cc(F)c2c(c1)COC21CCCCC1. The lowest BCUT2D eigenvalue weighted by atomic mass is 9.79. The first-order valence-corrected chi connectivity index (χ1v) is 6.26. The van der Waals surface area contributed by atoms with Crippen LogP contribution in [-0.2, 0) is 16.9 Å². The van der Waals surface area contributed by atoms with Gasteiger partial charge in [-0.3, -0.25) is 0 Å². The number of rotatable bonds is 1. The number of ether oxygens (including phenoxy) is 2. The van der Waals surface area contributed by atoms with Gasteiger partial charge < -0.3 is 9.47 Å². The van der Waals surface area contributed by atoms with Gasteiger partial charge in [0.1, 0.15) is 11.6 Å². The van der Waals surface area contributed by atoms with Crippen molar-refractivity contribution in [1.82, 2.24) is 0 Å². The number of hydrogen-bond acceptors (Lipinski definition) is 2. The zero-order valence-corrected chi connectivity index (χ0v) is 10.1. The molecule has 0 unspecified atom stereocenters. The van der Waals surface area contributed by atoms with E-state index in [2.05, 4.69) is 0 Å². The van der Waals surface area contributed by atoms with Gasteiger partial charge in [0.2, 0.25) is 0 Å². The summed E-state index contributed by atoms with van der Waals surface area (Å²) in [6.07, 6.45) is 5.39. The summed E-state index contributed by atoms with van der Waals surface area (Å²) in [7, 11) is 1.56. The second-order valence-corrected chi connectivity index (χ2v) is 4.99. The van der Waals surface area contributed by atoms with Gasteiger partial charge in [0.25, 0.3) is 0 Å². The van der Waals surface area contributed by atoms with Crippen LogP contribution in [0.15, 0.2) is 12.1 Å². The lowest BCUT2D eigenvalue weighted by Crippen LogP contribution is -2.29. The second kappa shape index (κ2) is 3.98. The minimum Gasteiger partial charge on any atom is -0.497 e. The Kier molecular flexibility index (Phi) is 2.58. The molecule has 1 aromatic carbocycles. The Morgan fingerprint density at radius 3 is 2.71 bits per heavy atom. The predicted molar refractivity (Wildman–Crippen MR) is 62.5 cm³/mol. The van der Waals surface area contributed by atoms with Crippen molar-refractivity contribution >= 4 is 0 Å². The first kappa shape index (κ1) is 11.0. The maximum Gasteiger partial charge on any atom is 0.133 e. The number of hydrogen-bond donors (Lipinski definition) is 0. The van der Waals surface area contributed by atoms with Crippen molar-refractivity contribution < 1.29 is 13.9 Å². The average molecular weight is 236 g/mol. The summed E-state index contributed by atoms with van der Waals surface area (Å²) in [5, 5.41) is 0. The number of halogens is 1. The van der Waals surface area contributed by atoms with Crippen LogP contribution in [0, 0.1) is 5.82 Å². The van der Waals surface area contributed by atoms with Crippen molar-refractivity contribution in [3.05, 3.63) is 29.1 Å². The minimum atomic E-state index is -0.343. The summed E-state index contributed by atoms with van der Waals surface area (Å²) in [6, 6.07) is 3.38. The van der Waals surface area contributed by atoms with E-state index in [1.54, 1.807) is 7.11 Å². The molecule has 1 aliphatic carbocycles. The molecule has 1 spiro atoms. The molecule has 1 saturated carbocycles. The highest BCUT2D eigenvalue weighted by Crippen LogP contribution is 2.48. The fourth-order valence-electron chi connectivity index (χ4n) is 3.18. The van der Waals surface area contributed by atoms with Gasteiger partial charge in [0, 0.05) is 11.6 Å². The molecule has 3 heteroatoms. The van der Waals surface area contributed by atoms with Crippen LogP contribution < -0.4 is 4.74 Å². The van der Waals surface area contributed by atoms with Gasteiger partial charge in [-0.2, -0.15) is 0 Å². The quantitative estimate of drug-likeness (QED) is 0.742. The molecular formula is C14H17FO2. The van der Waals surface area contributed by atoms with Crippen molar-refractivity contribution in [3.63, 3.8) is 0 Å². The molecular weight excluding hydrogens is 219 g/mol. The number of fused-ring (bicyclic) bond motifs is 2. The summed E-state index contributed by atoms with van der Waals surface area (Å²) < 4.78 is 25.2. The molecule has 0 amide bonds. The van der Waals surface area contributed by atoms with E-state index in [0.29, 0.717) is 12.4 Å². The maximum absolute atomic E-state index is 14.2. The fourth-order valence-corrected chi connectivity index (χ4v) is 3.18. The fraction of sp³-hybridized carbons (Fsp3) is 0.571. The molecule has 92 valence electrons. The number of methoxy groups -OCH3 is 1. The molecule has 1 heterocycles. The lowest BCUT2D eigenvalue weighted by molar-refractivity contribution is -0.0653. The van der Waals surface area contributed by atoms with Crippen LogP contribution >= 0.6 is 0 Å². The highest BCUT2D eigenvalue weighted by atomic mass is 19.1. The van der Waals surface area contributed by atoms with E-state index < -0.39 is 0 Å². The molecule has 1 aliphatic heterocycles. The molecule has 0 aromatic heterocycles. The molecule has 1 aromatic rings. The zero-order valence-electron chi connectivity index (χ0n) is 10.1. The highest BCUT2D eigenvalue weighted by molar-refractivity contribution is 5.42. The van der Waals surface area contributed by atoms with Crippen molar-refractivity contribution in [1.29, 1.82) is 0 Å². The van der Waals surface area contributed by atoms with E-state index in [-0.39, 0.29) is 11.4 Å². The van der Waals surface area contributed by atoms with Crippen molar-refractivity contribution in [3.8, 4) is 5.75 Å². The van der Waals surface area contributed by atoms with E-state index in [4.69, 9.17) is 9.47 Å². The van der Waals surface area contributed by atoms with Crippen molar-refractivity contribution in [2.45, 2.75) is 44.3 Å². The Labute approximate surface area is 101 Å². The summed E-state index contributed by atoms with van der Waals surface area (Å²) >= 11 is 0. The topological polar surface area (TPSA) is 18.5 Å². The van der Waals surface area contributed by atoms with Gasteiger partial charge >= 0.3 is 0 Å². The zero-order chi connectivity index (χ0) is 11.9. The normalized spacial score (nSPS) is 21.5. The Hall–Kier alpha value is -1.09. The van der Waals surface area contributed by atoms with Crippen LogP contribution in [0.4, 0.5) is 4.39 Å². The monoisotopic (exact) mass is 236 g/mol. The first-order valence-electron chi connectivity index (χ1n) is 6.26. The molecule has 1 fully saturated rings. The predicted octanol–water partition coefficient (Wildman–Crippen LogP) is 3.52. The van der Waals surface area contributed by atoms with Crippen LogP contribution in [0.1, 0.15) is 43.2 Å². The average Bonchev–Trinajstić information content (AvgIpc) is 2.69. The third-order valence-corrected chi connectivity index (χ3v) is 4.00. The Morgan fingerprint density at radius 1 is 1.24 bits per heavy atom. The van der Waals surface area contributed by atoms with Crippen LogP contribution in [0.25, 0.3) is 0 Å². The largest absolute Gasteiger partial charge is 0.497 e. The van der Waals surface area contributed by atoms with E-state index >= 15 is 0 Å². The summed E-state index contributed by atoms with van der Waals surface area (Å²) in [4.78, 5) is 0. The molecule has 0 bridgehead atoms. The summed E-state index contributed by atoms with van der Waals surface area (Å²) in [5.74, 6) is 0.413. The van der Waals surface area contributed by atoms with E-state index in [0.717, 1.165) is 36.8 Å². The van der Waals surface area contributed by atoms with E-state index in [1.165, 1.54) is 12.5 Å². The van der Waals surface area contributed by atoms with Gasteiger partial charge in [-0.25, -0.2) is 4.39 Å². The molecule has 0 N–H and O–H groups in total. The van der Waals surface area contributed by atoms with Crippen molar-refractivity contribution in [2.24, 2.45) is 0 Å². The third kappa shape index (κ3) is 1.64. The minimum absolute atomic E-state index is 0.168. The molecule has 0 radical (unpaired) electrons. The molecule has 2 aliphatic rings. The van der Waals surface area contributed by atoms with Crippen LogP contribution in [0.5, 0.6) is 5.75 Å². The standard InChI is InChI=1S/C14H17FO2/c1-16-11-7-10-9-17-14(5-3-2-4-6-14)13(10)12(15)8-11/h7-8H,2-6,9H2,1H3. The smallest absolute Gasteiger partial charge is 0.133 e. The Bertz CT molecular complexity index is 436. The van der Waals surface area contributed by atoms with Gasteiger partial charge in [-0.05, 0) is 24.5 Å².